The molecule has 162 valence electrons. The first kappa shape index (κ1) is 29.3. The molecule has 31 heavy (non-hydrogen) atoms. The first-order valence-corrected chi connectivity index (χ1v) is 9.85. The maximum absolute atomic E-state index is 10.3. The zero-order chi connectivity index (χ0) is 23.7. The summed E-state index contributed by atoms with van der Waals surface area (Å²) in [6, 6.07) is 19.7. The maximum Gasteiger partial charge on any atom is 0.330 e. The van der Waals surface area contributed by atoms with Crippen molar-refractivity contribution < 1.29 is 9.53 Å². The average molecular weight is 416 g/mol. The summed E-state index contributed by atoms with van der Waals surface area (Å²) in [6.07, 6.45) is 9.83. The van der Waals surface area contributed by atoms with E-state index in [4.69, 9.17) is 5.26 Å². The van der Waals surface area contributed by atoms with E-state index in [1.54, 1.807) is 6.07 Å². The number of rotatable bonds is 7. The van der Waals surface area contributed by atoms with Crippen molar-refractivity contribution in [2.45, 2.75) is 19.8 Å². The van der Waals surface area contributed by atoms with Crippen molar-refractivity contribution in [2.24, 2.45) is 0 Å². The van der Waals surface area contributed by atoms with E-state index in [0.29, 0.717) is 6.61 Å². The molecule has 0 unspecified atom stereocenters. The van der Waals surface area contributed by atoms with Gasteiger partial charge in [-0.25, -0.2) is 4.79 Å². The molecule has 0 fully saturated rings. The molecule has 2 aromatic rings. The van der Waals surface area contributed by atoms with Crippen molar-refractivity contribution in [2.75, 3.05) is 6.61 Å². The van der Waals surface area contributed by atoms with Gasteiger partial charge >= 0.3 is 5.97 Å². The van der Waals surface area contributed by atoms with E-state index < -0.39 is 0 Å². The Balaban J connectivity index is 0. The summed E-state index contributed by atoms with van der Waals surface area (Å²) >= 11 is 0. The summed E-state index contributed by atoms with van der Waals surface area (Å²) in [7, 11) is 0. The Labute approximate surface area is 188 Å². The summed E-state index contributed by atoms with van der Waals surface area (Å²) in [5.41, 5.74) is 3.45. The van der Waals surface area contributed by atoms with Gasteiger partial charge in [-0.15, -0.1) is 0 Å². The summed E-state index contributed by atoms with van der Waals surface area (Å²) in [4.78, 5) is 10.3. The molecule has 0 N–H and O–H groups in total. The first-order chi connectivity index (χ1) is 15.0. The highest BCUT2D eigenvalue weighted by atomic mass is 16.5. The molecular formula is C28H33NO2. The topological polar surface area (TPSA) is 50.1 Å². The molecule has 0 radical (unpaired) electrons. The van der Waals surface area contributed by atoms with Gasteiger partial charge in [-0.05, 0) is 23.1 Å². The van der Waals surface area contributed by atoms with Crippen LogP contribution < -0.4 is 0 Å². The van der Waals surface area contributed by atoms with Crippen molar-refractivity contribution >= 4 is 24.2 Å². The maximum atomic E-state index is 10.3. The number of hydrogen-bond donors (Lipinski definition) is 0. The SMILES string of the molecule is C=CC#N.C=CC(=O)OCCCC.C=Cc1ccccc1.C=Cc1ccccc1C=C. The van der Waals surface area contributed by atoms with E-state index in [0.717, 1.165) is 24.0 Å². The molecule has 0 aliphatic rings. The molecule has 0 heterocycles. The van der Waals surface area contributed by atoms with Gasteiger partial charge in [-0.2, -0.15) is 5.26 Å². The molecule has 0 aliphatic carbocycles. The fraction of sp³-hybridized carbons (Fsp3) is 0.143. The van der Waals surface area contributed by atoms with Gasteiger partial charge in [-0.1, -0.05) is 119 Å². The van der Waals surface area contributed by atoms with E-state index in [2.05, 4.69) is 37.6 Å². The number of unbranched alkanes of at least 4 members (excludes halogenated alkanes) is 1. The number of nitrogens with zero attached hydrogens (tertiary/aromatic N) is 1. The quantitative estimate of drug-likeness (QED) is 0.203. The third kappa shape index (κ3) is 17.9. The summed E-state index contributed by atoms with van der Waals surface area (Å²) in [6.45, 7) is 20.0. The Bertz CT molecular complexity index is 803. The Hall–Kier alpha value is -3.90. The molecule has 3 heteroatoms. The highest BCUT2D eigenvalue weighted by Crippen LogP contribution is 2.10. The number of benzene rings is 2. The zero-order valence-corrected chi connectivity index (χ0v) is 18.5. The lowest BCUT2D eigenvalue weighted by Gasteiger charge is -1.97. The lowest BCUT2D eigenvalue weighted by atomic mass is 10.1. The lowest BCUT2D eigenvalue weighted by Crippen LogP contribution is -2.00. The third-order valence-electron chi connectivity index (χ3n) is 3.47. The molecule has 0 atom stereocenters. The predicted molar refractivity (Wildman–Crippen MR) is 135 cm³/mol. The molecule has 0 spiro atoms. The highest BCUT2D eigenvalue weighted by Gasteiger charge is 1.91. The van der Waals surface area contributed by atoms with Crippen molar-refractivity contribution in [3.8, 4) is 6.07 Å². The molecule has 0 aliphatic heterocycles. The second-order valence-electron chi connectivity index (χ2n) is 5.71. The van der Waals surface area contributed by atoms with Crippen molar-refractivity contribution in [3.63, 3.8) is 0 Å². The second-order valence-corrected chi connectivity index (χ2v) is 5.71. The van der Waals surface area contributed by atoms with Crippen LogP contribution in [0.3, 0.4) is 0 Å². The van der Waals surface area contributed by atoms with E-state index in [1.807, 2.05) is 79.7 Å². The minimum atomic E-state index is -0.330. The third-order valence-corrected chi connectivity index (χ3v) is 3.47. The molecular weight excluding hydrogens is 382 g/mol. The normalized spacial score (nSPS) is 8.00. The van der Waals surface area contributed by atoms with Crippen LogP contribution in [-0.2, 0) is 9.53 Å². The zero-order valence-electron chi connectivity index (χ0n) is 18.5. The van der Waals surface area contributed by atoms with Gasteiger partial charge in [-0.3, -0.25) is 0 Å². The number of carbonyl (C=O) groups excluding carboxylic acids is 1. The van der Waals surface area contributed by atoms with Gasteiger partial charge in [0.05, 0.1) is 12.7 Å². The lowest BCUT2D eigenvalue weighted by molar-refractivity contribution is -0.137. The van der Waals surface area contributed by atoms with E-state index in [1.165, 1.54) is 17.7 Å². The van der Waals surface area contributed by atoms with Crippen LogP contribution in [0.1, 0.15) is 36.5 Å². The van der Waals surface area contributed by atoms with Crippen LogP contribution in [0.5, 0.6) is 0 Å². The van der Waals surface area contributed by atoms with Crippen LogP contribution >= 0.6 is 0 Å². The second kappa shape index (κ2) is 22.4. The van der Waals surface area contributed by atoms with Crippen LogP contribution in [-0.4, -0.2) is 12.6 Å². The number of esters is 1. The minimum absolute atomic E-state index is 0.330. The van der Waals surface area contributed by atoms with Crippen LogP contribution in [0.15, 0.2) is 99.6 Å². The predicted octanol–water partition coefficient (Wildman–Crippen LogP) is 7.51. The molecule has 2 aromatic carbocycles. The summed E-state index contributed by atoms with van der Waals surface area (Å²) < 4.78 is 4.67. The van der Waals surface area contributed by atoms with E-state index >= 15 is 0 Å². The van der Waals surface area contributed by atoms with Gasteiger partial charge in [0.1, 0.15) is 0 Å². The number of hydrogen-bond acceptors (Lipinski definition) is 3. The average Bonchev–Trinajstić information content (AvgIpc) is 2.85. The Morgan fingerprint density at radius 2 is 1.39 bits per heavy atom. The standard InChI is InChI=1S/C10H10.C8H8.C7H12O2.C3H3N/c1-3-9-7-5-6-8-10(9)4-2;1-2-8-6-4-3-5-7-8;1-3-5-6-9-7(8)4-2;1-2-3-4/h3-8H,1-2H2;2-7H,1H2;4H,2-3,5-6H2,1H3;2H,1H2. The molecule has 0 bridgehead atoms. The van der Waals surface area contributed by atoms with Crippen molar-refractivity contribution in [1.29, 1.82) is 5.26 Å². The van der Waals surface area contributed by atoms with Gasteiger partial charge < -0.3 is 4.74 Å². The highest BCUT2D eigenvalue weighted by molar-refractivity contribution is 5.81. The number of allylic oxidation sites excluding steroid dienone is 1. The van der Waals surface area contributed by atoms with Gasteiger partial charge in [0.15, 0.2) is 0 Å². The van der Waals surface area contributed by atoms with E-state index in [9.17, 15) is 4.79 Å². The molecule has 0 saturated heterocycles. The van der Waals surface area contributed by atoms with Crippen LogP contribution in [0.4, 0.5) is 0 Å². The number of carbonyl (C=O) groups is 1. The summed E-state index contributed by atoms with van der Waals surface area (Å²) in [5, 5.41) is 7.51. The van der Waals surface area contributed by atoms with Gasteiger partial charge in [0.2, 0.25) is 0 Å². The molecule has 0 amide bonds. The first-order valence-electron chi connectivity index (χ1n) is 9.85. The van der Waals surface area contributed by atoms with Crippen molar-refractivity contribution in [1.82, 2.24) is 0 Å². The smallest absolute Gasteiger partial charge is 0.330 e. The molecule has 3 nitrogen and oxygen atoms in total. The summed E-state index contributed by atoms with van der Waals surface area (Å²) in [5.74, 6) is -0.330. The Kier molecular flexibility index (Phi) is 21.2. The number of ether oxygens (including phenoxy) is 1. The molecule has 2 rings (SSSR count). The van der Waals surface area contributed by atoms with Gasteiger partial charge in [0, 0.05) is 12.2 Å². The fourth-order valence-corrected chi connectivity index (χ4v) is 1.85. The van der Waals surface area contributed by atoms with Gasteiger partial charge in [0.25, 0.3) is 0 Å². The fourth-order valence-electron chi connectivity index (χ4n) is 1.85. The van der Waals surface area contributed by atoms with Crippen LogP contribution in [0.2, 0.25) is 0 Å². The number of nitriles is 1. The van der Waals surface area contributed by atoms with Crippen LogP contribution in [0, 0.1) is 11.3 Å². The van der Waals surface area contributed by atoms with Crippen LogP contribution in [0.25, 0.3) is 18.2 Å². The monoisotopic (exact) mass is 415 g/mol. The molecule has 0 saturated carbocycles. The van der Waals surface area contributed by atoms with E-state index in [-0.39, 0.29) is 5.97 Å². The Morgan fingerprint density at radius 1 is 0.903 bits per heavy atom. The minimum Gasteiger partial charge on any atom is -0.463 e. The Morgan fingerprint density at radius 3 is 1.71 bits per heavy atom. The van der Waals surface area contributed by atoms with Crippen molar-refractivity contribution in [3.05, 3.63) is 116 Å². The largest absolute Gasteiger partial charge is 0.463 e. The molecule has 0 aromatic heterocycles.